The van der Waals surface area contributed by atoms with Gasteiger partial charge in [-0.05, 0) is 6.92 Å². The van der Waals surface area contributed by atoms with E-state index in [1.54, 1.807) is 6.92 Å². The third kappa shape index (κ3) is 2.18. The second-order valence-electron chi connectivity index (χ2n) is 3.37. The molecule has 0 spiro atoms. The van der Waals surface area contributed by atoms with E-state index in [0.29, 0.717) is 13.1 Å². The second kappa shape index (κ2) is 4.04. The first-order valence-electron chi connectivity index (χ1n) is 4.31. The summed E-state index contributed by atoms with van der Waals surface area (Å²) in [4.78, 5) is 12.9. The van der Waals surface area contributed by atoms with Crippen molar-refractivity contribution in [3.63, 3.8) is 0 Å². The van der Waals surface area contributed by atoms with Crippen LogP contribution >= 0.6 is 0 Å². The molecule has 1 fully saturated rings. The van der Waals surface area contributed by atoms with E-state index in [-0.39, 0.29) is 12.0 Å². The number of methoxy groups -OCH3 is 1. The van der Waals surface area contributed by atoms with Crippen molar-refractivity contribution in [1.82, 2.24) is 4.90 Å². The first kappa shape index (κ1) is 10.4. The van der Waals surface area contributed by atoms with E-state index in [1.165, 1.54) is 12.0 Å². The van der Waals surface area contributed by atoms with Crippen molar-refractivity contribution < 1.29 is 14.6 Å². The van der Waals surface area contributed by atoms with E-state index in [1.807, 2.05) is 0 Å². The molecule has 1 heterocycles. The summed E-state index contributed by atoms with van der Waals surface area (Å²) in [7, 11) is 1.52. The van der Waals surface area contributed by atoms with E-state index in [9.17, 15) is 9.90 Å². The standard InChI is InChI=1S/C8H16N2O3/c1-5(9)8(12)10-3-6(11)7(4-10)13-2/h5-7,11H,3-4,9H2,1-2H3. The fourth-order valence-electron chi connectivity index (χ4n) is 1.46. The lowest BCUT2D eigenvalue weighted by molar-refractivity contribution is -0.131. The smallest absolute Gasteiger partial charge is 0.239 e. The maximum atomic E-state index is 11.4. The predicted molar refractivity (Wildman–Crippen MR) is 47.0 cm³/mol. The Morgan fingerprint density at radius 2 is 2.31 bits per heavy atom. The van der Waals surface area contributed by atoms with Gasteiger partial charge in [0.25, 0.3) is 0 Å². The number of nitrogens with zero attached hydrogens (tertiary/aromatic N) is 1. The molecule has 3 N–H and O–H groups in total. The molecule has 5 nitrogen and oxygen atoms in total. The number of aliphatic hydroxyl groups is 1. The largest absolute Gasteiger partial charge is 0.388 e. The first-order valence-corrected chi connectivity index (χ1v) is 4.31. The Morgan fingerprint density at radius 1 is 1.69 bits per heavy atom. The number of aliphatic hydroxyl groups excluding tert-OH is 1. The van der Waals surface area contributed by atoms with Gasteiger partial charge in [-0.15, -0.1) is 0 Å². The fraction of sp³-hybridized carbons (Fsp3) is 0.875. The first-order chi connectivity index (χ1) is 6.06. The number of carbonyl (C=O) groups is 1. The Balaban J connectivity index is 2.53. The fourth-order valence-corrected chi connectivity index (χ4v) is 1.46. The third-order valence-corrected chi connectivity index (χ3v) is 2.24. The number of amides is 1. The van der Waals surface area contributed by atoms with Crippen LogP contribution in [0.5, 0.6) is 0 Å². The number of nitrogens with two attached hydrogens (primary N) is 1. The number of carbonyl (C=O) groups excluding carboxylic acids is 1. The number of ether oxygens (including phenoxy) is 1. The summed E-state index contributed by atoms with van der Waals surface area (Å²) < 4.78 is 5.00. The van der Waals surface area contributed by atoms with Gasteiger partial charge in [0.05, 0.1) is 12.1 Å². The van der Waals surface area contributed by atoms with Gasteiger partial charge in [0.15, 0.2) is 0 Å². The van der Waals surface area contributed by atoms with E-state index in [2.05, 4.69) is 0 Å². The van der Waals surface area contributed by atoms with Gasteiger partial charge in [-0.3, -0.25) is 4.79 Å². The zero-order valence-corrected chi connectivity index (χ0v) is 7.93. The Morgan fingerprint density at radius 3 is 2.69 bits per heavy atom. The summed E-state index contributed by atoms with van der Waals surface area (Å²) in [6, 6.07) is -0.511. The minimum absolute atomic E-state index is 0.140. The molecule has 1 amide bonds. The highest BCUT2D eigenvalue weighted by molar-refractivity contribution is 5.81. The molecule has 0 radical (unpaired) electrons. The second-order valence-corrected chi connectivity index (χ2v) is 3.37. The van der Waals surface area contributed by atoms with Gasteiger partial charge in [0.1, 0.15) is 6.10 Å². The van der Waals surface area contributed by atoms with Crippen molar-refractivity contribution in [2.45, 2.75) is 25.2 Å². The number of likely N-dealkylation sites (tertiary alicyclic amines) is 1. The lowest BCUT2D eigenvalue weighted by Gasteiger charge is -2.17. The van der Waals surface area contributed by atoms with Crippen LogP contribution in [-0.2, 0) is 9.53 Å². The minimum atomic E-state index is -0.590. The van der Waals surface area contributed by atoms with Crippen molar-refractivity contribution >= 4 is 5.91 Å². The predicted octanol–water partition coefficient (Wildman–Crippen LogP) is -1.45. The van der Waals surface area contributed by atoms with Crippen molar-refractivity contribution in [2.75, 3.05) is 20.2 Å². The van der Waals surface area contributed by atoms with E-state index < -0.39 is 12.1 Å². The van der Waals surface area contributed by atoms with Crippen molar-refractivity contribution in [2.24, 2.45) is 5.73 Å². The van der Waals surface area contributed by atoms with Crippen molar-refractivity contribution in [1.29, 1.82) is 0 Å². The monoisotopic (exact) mass is 188 g/mol. The quantitative estimate of drug-likeness (QED) is 0.556. The van der Waals surface area contributed by atoms with E-state index >= 15 is 0 Å². The van der Waals surface area contributed by atoms with Crippen molar-refractivity contribution in [3.8, 4) is 0 Å². The van der Waals surface area contributed by atoms with Crippen LogP contribution < -0.4 is 5.73 Å². The molecule has 3 atom stereocenters. The van der Waals surface area contributed by atoms with Gasteiger partial charge in [0, 0.05) is 20.2 Å². The highest BCUT2D eigenvalue weighted by Crippen LogP contribution is 2.13. The van der Waals surface area contributed by atoms with Crippen LogP contribution in [0.4, 0.5) is 0 Å². The van der Waals surface area contributed by atoms with Gasteiger partial charge in [-0.2, -0.15) is 0 Å². The number of hydrogen-bond donors (Lipinski definition) is 2. The van der Waals surface area contributed by atoms with Crippen LogP contribution in [0, 0.1) is 0 Å². The molecule has 0 aromatic rings. The molecule has 1 aliphatic rings. The lowest BCUT2D eigenvalue weighted by atomic mass is 10.3. The average molecular weight is 188 g/mol. The molecule has 76 valence electrons. The molecule has 0 aliphatic carbocycles. The Labute approximate surface area is 77.5 Å². The molecule has 0 bridgehead atoms. The van der Waals surface area contributed by atoms with Crippen LogP contribution in [0.15, 0.2) is 0 Å². The third-order valence-electron chi connectivity index (χ3n) is 2.24. The highest BCUT2D eigenvalue weighted by atomic mass is 16.5. The molecule has 0 aromatic carbocycles. The van der Waals surface area contributed by atoms with Gasteiger partial charge < -0.3 is 20.5 Å². The van der Waals surface area contributed by atoms with E-state index in [0.717, 1.165) is 0 Å². The average Bonchev–Trinajstić information content (AvgIpc) is 2.45. The Bertz CT molecular complexity index is 196. The Hall–Kier alpha value is -0.650. The van der Waals surface area contributed by atoms with Gasteiger partial charge in [0.2, 0.25) is 5.91 Å². The van der Waals surface area contributed by atoms with Crippen LogP contribution in [-0.4, -0.2) is 54.4 Å². The lowest BCUT2D eigenvalue weighted by Crippen LogP contribution is -2.41. The summed E-state index contributed by atoms with van der Waals surface area (Å²) in [5.74, 6) is -0.140. The summed E-state index contributed by atoms with van der Waals surface area (Å²) in [6.45, 7) is 2.38. The van der Waals surface area contributed by atoms with Crippen LogP contribution in [0.2, 0.25) is 0 Å². The highest BCUT2D eigenvalue weighted by Gasteiger charge is 2.34. The normalized spacial score (nSPS) is 30.6. The maximum Gasteiger partial charge on any atom is 0.239 e. The molecule has 1 aliphatic heterocycles. The van der Waals surface area contributed by atoms with Crippen LogP contribution in [0.25, 0.3) is 0 Å². The molecule has 1 saturated heterocycles. The zero-order chi connectivity index (χ0) is 10.0. The molecule has 3 unspecified atom stereocenters. The SMILES string of the molecule is COC1CN(C(=O)C(C)N)CC1O. The molecule has 1 rings (SSSR count). The van der Waals surface area contributed by atoms with Crippen LogP contribution in [0.3, 0.4) is 0 Å². The molecule has 13 heavy (non-hydrogen) atoms. The summed E-state index contributed by atoms with van der Waals surface area (Å²) in [5.41, 5.74) is 5.43. The number of rotatable bonds is 2. The van der Waals surface area contributed by atoms with Crippen molar-refractivity contribution in [3.05, 3.63) is 0 Å². The van der Waals surface area contributed by atoms with Crippen LogP contribution in [0.1, 0.15) is 6.92 Å². The minimum Gasteiger partial charge on any atom is -0.388 e. The summed E-state index contributed by atoms with van der Waals surface area (Å²) >= 11 is 0. The number of hydrogen-bond acceptors (Lipinski definition) is 4. The maximum absolute atomic E-state index is 11.4. The molecule has 0 aromatic heterocycles. The topological polar surface area (TPSA) is 75.8 Å². The molecular weight excluding hydrogens is 172 g/mol. The number of β-amino-alcohol motifs (C(OH)–C–C–N with tert-alkyl or cyclic N) is 1. The van der Waals surface area contributed by atoms with Gasteiger partial charge in [-0.25, -0.2) is 0 Å². The zero-order valence-electron chi connectivity index (χ0n) is 7.93. The Kier molecular flexibility index (Phi) is 3.24. The van der Waals surface area contributed by atoms with Gasteiger partial charge >= 0.3 is 0 Å². The van der Waals surface area contributed by atoms with E-state index in [4.69, 9.17) is 10.5 Å². The summed E-state index contributed by atoms with van der Waals surface area (Å²) in [5, 5.41) is 9.43. The molecular formula is C8H16N2O3. The molecule has 5 heteroatoms. The molecule has 0 saturated carbocycles. The van der Waals surface area contributed by atoms with Gasteiger partial charge in [-0.1, -0.05) is 0 Å². The summed E-state index contributed by atoms with van der Waals surface area (Å²) in [6.07, 6.45) is -0.865.